The highest BCUT2D eigenvalue weighted by Crippen LogP contribution is 2.22. The van der Waals surface area contributed by atoms with E-state index in [0.29, 0.717) is 5.92 Å². The van der Waals surface area contributed by atoms with Gasteiger partial charge in [0.1, 0.15) is 0 Å². The smallest absolute Gasteiger partial charge is 0.0552 e. The lowest BCUT2D eigenvalue weighted by Gasteiger charge is -2.10. The second-order valence-corrected chi connectivity index (χ2v) is 4.48. The Morgan fingerprint density at radius 1 is 1.40 bits per heavy atom. The Morgan fingerprint density at radius 3 is 2.67 bits per heavy atom. The van der Waals surface area contributed by atoms with Gasteiger partial charge in [-0.15, -0.1) is 0 Å². The molecule has 1 aliphatic heterocycles. The standard InChI is InChI=1S/C13H19NO/c1-10(15)8-11-2-4-12(5-3-11)13-6-7-14-9-13/h2-5,10,13-15H,6-9H2,1H3. The van der Waals surface area contributed by atoms with Crippen LogP contribution in [0.15, 0.2) is 24.3 Å². The van der Waals surface area contributed by atoms with Crippen LogP contribution in [0.2, 0.25) is 0 Å². The minimum absolute atomic E-state index is 0.246. The van der Waals surface area contributed by atoms with Crippen molar-refractivity contribution >= 4 is 0 Å². The van der Waals surface area contributed by atoms with Crippen molar-refractivity contribution in [3.8, 4) is 0 Å². The van der Waals surface area contributed by atoms with Gasteiger partial charge in [-0.1, -0.05) is 24.3 Å². The quantitative estimate of drug-likeness (QED) is 0.787. The predicted octanol–water partition coefficient (Wildman–Crippen LogP) is 1.69. The zero-order valence-electron chi connectivity index (χ0n) is 9.24. The molecule has 2 N–H and O–H groups in total. The van der Waals surface area contributed by atoms with Crippen LogP contribution in [-0.2, 0) is 6.42 Å². The number of aliphatic hydroxyl groups is 1. The first kappa shape index (κ1) is 10.7. The molecule has 15 heavy (non-hydrogen) atoms. The molecule has 2 atom stereocenters. The number of nitrogens with one attached hydrogen (secondary N) is 1. The van der Waals surface area contributed by atoms with E-state index in [0.717, 1.165) is 19.5 Å². The molecule has 0 amide bonds. The van der Waals surface area contributed by atoms with Gasteiger partial charge in [0.15, 0.2) is 0 Å². The van der Waals surface area contributed by atoms with E-state index in [4.69, 9.17) is 0 Å². The van der Waals surface area contributed by atoms with Crippen molar-refractivity contribution in [2.45, 2.75) is 31.8 Å². The van der Waals surface area contributed by atoms with E-state index >= 15 is 0 Å². The zero-order valence-corrected chi connectivity index (χ0v) is 9.24. The van der Waals surface area contributed by atoms with Crippen LogP contribution in [0, 0.1) is 0 Å². The van der Waals surface area contributed by atoms with Gasteiger partial charge >= 0.3 is 0 Å². The lowest BCUT2D eigenvalue weighted by Crippen LogP contribution is -2.08. The van der Waals surface area contributed by atoms with Crippen molar-refractivity contribution in [2.75, 3.05) is 13.1 Å². The van der Waals surface area contributed by atoms with Crippen molar-refractivity contribution in [3.05, 3.63) is 35.4 Å². The maximum Gasteiger partial charge on any atom is 0.0552 e. The lowest BCUT2D eigenvalue weighted by atomic mass is 9.96. The van der Waals surface area contributed by atoms with Crippen LogP contribution in [0.25, 0.3) is 0 Å². The first-order chi connectivity index (χ1) is 7.25. The molecule has 0 aliphatic carbocycles. The van der Waals surface area contributed by atoms with Crippen LogP contribution in [0.3, 0.4) is 0 Å². The summed E-state index contributed by atoms with van der Waals surface area (Å²) in [5.41, 5.74) is 2.65. The summed E-state index contributed by atoms with van der Waals surface area (Å²) in [6.07, 6.45) is 1.75. The molecule has 0 bridgehead atoms. The molecule has 2 nitrogen and oxygen atoms in total. The Hall–Kier alpha value is -0.860. The average molecular weight is 205 g/mol. The fourth-order valence-electron chi connectivity index (χ4n) is 2.21. The van der Waals surface area contributed by atoms with E-state index < -0.39 is 0 Å². The largest absolute Gasteiger partial charge is 0.393 e. The molecule has 1 fully saturated rings. The third-order valence-corrected chi connectivity index (χ3v) is 3.04. The minimum atomic E-state index is -0.246. The Kier molecular flexibility index (Phi) is 3.39. The van der Waals surface area contributed by atoms with E-state index in [1.807, 2.05) is 6.92 Å². The summed E-state index contributed by atoms with van der Waals surface area (Å²) in [5.74, 6) is 0.686. The Bertz CT molecular complexity index is 299. The SMILES string of the molecule is CC(O)Cc1ccc(C2CCNC2)cc1. The highest BCUT2D eigenvalue weighted by Gasteiger charge is 2.15. The zero-order chi connectivity index (χ0) is 10.7. The van der Waals surface area contributed by atoms with E-state index in [1.165, 1.54) is 17.5 Å². The number of aliphatic hydroxyl groups excluding tert-OH is 1. The molecule has 1 aromatic rings. The van der Waals surface area contributed by atoms with Crippen molar-refractivity contribution < 1.29 is 5.11 Å². The fourth-order valence-corrected chi connectivity index (χ4v) is 2.21. The summed E-state index contributed by atoms with van der Waals surface area (Å²) >= 11 is 0. The van der Waals surface area contributed by atoms with Gasteiger partial charge in [-0.25, -0.2) is 0 Å². The molecule has 2 rings (SSSR count). The minimum Gasteiger partial charge on any atom is -0.393 e. The molecule has 0 aromatic heterocycles. The summed E-state index contributed by atoms with van der Waals surface area (Å²) in [4.78, 5) is 0. The van der Waals surface area contributed by atoms with Crippen LogP contribution < -0.4 is 5.32 Å². The van der Waals surface area contributed by atoms with Gasteiger partial charge in [0.2, 0.25) is 0 Å². The van der Waals surface area contributed by atoms with Crippen LogP contribution in [0.1, 0.15) is 30.4 Å². The summed E-state index contributed by atoms with van der Waals surface area (Å²) in [7, 11) is 0. The molecule has 1 heterocycles. The Morgan fingerprint density at radius 2 is 2.13 bits per heavy atom. The molecule has 1 aliphatic rings. The third-order valence-electron chi connectivity index (χ3n) is 3.04. The van der Waals surface area contributed by atoms with Crippen molar-refractivity contribution in [1.82, 2.24) is 5.32 Å². The number of benzene rings is 1. The average Bonchev–Trinajstić information content (AvgIpc) is 2.71. The topological polar surface area (TPSA) is 32.3 Å². The fraction of sp³-hybridized carbons (Fsp3) is 0.538. The first-order valence-corrected chi connectivity index (χ1v) is 5.73. The van der Waals surface area contributed by atoms with Crippen molar-refractivity contribution in [3.63, 3.8) is 0 Å². The third kappa shape index (κ3) is 2.80. The van der Waals surface area contributed by atoms with Crippen molar-refractivity contribution in [1.29, 1.82) is 0 Å². The number of hydrogen-bond acceptors (Lipinski definition) is 2. The van der Waals surface area contributed by atoms with Gasteiger partial charge in [-0.05, 0) is 43.4 Å². The highest BCUT2D eigenvalue weighted by molar-refractivity contribution is 5.26. The molecule has 82 valence electrons. The van der Waals surface area contributed by atoms with Gasteiger partial charge in [0.25, 0.3) is 0 Å². The summed E-state index contributed by atoms with van der Waals surface area (Å²) in [6, 6.07) is 8.69. The molecular formula is C13H19NO. The van der Waals surface area contributed by atoms with Gasteiger partial charge in [-0.3, -0.25) is 0 Å². The Labute approximate surface area is 91.3 Å². The predicted molar refractivity (Wildman–Crippen MR) is 62.1 cm³/mol. The van der Waals surface area contributed by atoms with Gasteiger partial charge in [0.05, 0.1) is 6.10 Å². The summed E-state index contributed by atoms with van der Waals surface area (Å²) in [6.45, 7) is 4.07. The molecule has 1 aromatic carbocycles. The second kappa shape index (κ2) is 4.77. The maximum absolute atomic E-state index is 9.28. The molecule has 2 unspecified atom stereocenters. The van der Waals surface area contributed by atoms with Crippen LogP contribution in [-0.4, -0.2) is 24.3 Å². The van der Waals surface area contributed by atoms with Gasteiger partial charge in [0, 0.05) is 6.54 Å². The summed E-state index contributed by atoms with van der Waals surface area (Å²) in [5, 5.41) is 12.7. The first-order valence-electron chi connectivity index (χ1n) is 5.73. The Balaban J connectivity index is 2.03. The van der Waals surface area contributed by atoms with Crippen LogP contribution in [0.5, 0.6) is 0 Å². The summed E-state index contributed by atoms with van der Waals surface area (Å²) < 4.78 is 0. The monoisotopic (exact) mass is 205 g/mol. The molecular weight excluding hydrogens is 186 g/mol. The maximum atomic E-state index is 9.28. The molecule has 2 heteroatoms. The van der Waals surface area contributed by atoms with E-state index in [2.05, 4.69) is 29.6 Å². The number of hydrogen-bond donors (Lipinski definition) is 2. The molecule has 1 saturated heterocycles. The number of rotatable bonds is 3. The van der Waals surface area contributed by atoms with E-state index in [9.17, 15) is 5.11 Å². The highest BCUT2D eigenvalue weighted by atomic mass is 16.3. The van der Waals surface area contributed by atoms with Gasteiger partial charge in [-0.2, -0.15) is 0 Å². The van der Waals surface area contributed by atoms with Crippen molar-refractivity contribution in [2.24, 2.45) is 0 Å². The second-order valence-electron chi connectivity index (χ2n) is 4.48. The van der Waals surface area contributed by atoms with Gasteiger partial charge < -0.3 is 10.4 Å². The van der Waals surface area contributed by atoms with Crippen LogP contribution in [0.4, 0.5) is 0 Å². The van der Waals surface area contributed by atoms with Crippen LogP contribution >= 0.6 is 0 Å². The normalized spacial score (nSPS) is 22.9. The molecule has 0 saturated carbocycles. The molecule has 0 radical (unpaired) electrons. The molecule has 0 spiro atoms. The van der Waals surface area contributed by atoms with E-state index in [1.54, 1.807) is 0 Å². The van der Waals surface area contributed by atoms with E-state index in [-0.39, 0.29) is 6.10 Å². The lowest BCUT2D eigenvalue weighted by molar-refractivity contribution is 0.195.